The van der Waals surface area contributed by atoms with Gasteiger partial charge in [0.25, 0.3) is 0 Å². The molecule has 0 amide bonds. The summed E-state index contributed by atoms with van der Waals surface area (Å²) in [5, 5.41) is 0. The Balaban J connectivity index is 1.30. The lowest BCUT2D eigenvalue weighted by Crippen LogP contribution is -1.97. The van der Waals surface area contributed by atoms with Gasteiger partial charge < -0.3 is 9.47 Å². The molecule has 0 aliphatic rings. The Kier molecular flexibility index (Phi) is 18.4. The minimum atomic E-state index is 0.784. The zero-order chi connectivity index (χ0) is 30.9. The molecule has 0 saturated carbocycles. The molecule has 0 atom stereocenters. The van der Waals surface area contributed by atoms with Gasteiger partial charge in [0, 0.05) is 12.4 Å². The summed E-state index contributed by atoms with van der Waals surface area (Å²) in [6, 6.07) is 24.3. The van der Waals surface area contributed by atoms with E-state index in [2.05, 4.69) is 48.1 Å². The quantitative estimate of drug-likeness (QED) is 0.0762. The number of unbranched alkanes of at least 4 members (excludes halogenated alkanes) is 14. The summed E-state index contributed by atoms with van der Waals surface area (Å²) in [6.07, 6.45) is 24.8. The maximum absolute atomic E-state index is 5.91. The van der Waals surface area contributed by atoms with Gasteiger partial charge in [0.05, 0.1) is 24.6 Å². The van der Waals surface area contributed by atoms with Gasteiger partial charge in [-0.3, -0.25) is 9.98 Å². The zero-order valence-electron chi connectivity index (χ0n) is 27.5. The Morgan fingerprint density at radius 2 is 0.727 bits per heavy atom. The largest absolute Gasteiger partial charge is 0.494 e. The van der Waals surface area contributed by atoms with E-state index >= 15 is 0 Å². The van der Waals surface area contributed by atoms with Crippen LogP contribution in [-0.4, -0.2) is 25.6 Å². The average molecular weight is 597 g/mol. The van der Waals surface area contributed by atoms with E-state index in [0.717, 1.165) is 60.1 Å². The fourth-order valence-corrected chi connectivity index (χ4v) is 5.08. The SMILES string of the molecule is CCCCCCCCCCOc1ccc(N=Cc2ccc(C=Nc3ccc(OCCCCCCCCCC)cc3)cc2)cc1. The highest BCUT2D eigenvalue weighted by atomic mass is 16.5. The summed E-state index contributed by atoms with van der Waals surface area (Å²) >= 11 is 0. The molecular formula is C40H56N2O2. The van der Waals surface area contributed by atoms with Crippen LogP contribution in [0.3, 0.4) is 0 Å². The standard InChI is InChI=1S/C40H56N2O2/c1-3-5-7-9-11-13-15-17-31-43-39-27-23-37(24-28-39)41-33-35-19-21-36(22-20-35)34-42-38-25-29-40(30-26-38)44-32-18-16-14-12-10-8-6-4-2/h19-30,33-34H,3-18,31-32H2,1-2H3. The molecule has 0 aliphatic carbocycles. The minimum absolute atomic E-state index is 0.784. The second-order valence-corrected chi connectivity index (χ2v) is 11.8. The molecule has 4 nitrogen and oxygen atoms in total. The Bertz CT molecular complexity index is 1070. The van der Waals surface area contributed by atoms with Crippen molar-refractivity contribution in [3.8, 4) is 11.5 Å². The summed E-state index contributed by atoms with van der Waals surface area (Å²) in [5.74, 6) is 1.83. The minimum Gasteiger partial charge on any atom is -0.494 e. The van der Waals surface area contributed by atoms with Crippen LogP contribution in [-0.2, 0) is 0 Å². The Morgan fingerprint density at radius 3 is 1.07 bits per heavy atom. The van der Waals surface area contributed by atoms with Crippen LogP contribution < -0.4 is 9.47 Å². The van der Waals surface area contributed by atoms with E-state index in [1.807, 2.05) is 61.0 Å². The molecule has 3 rings (SSSR count). The first-order valence-electron chi connectivity index (χ1n) is 17.4. The molecule has 0 aromatic heterocycles. The van der Waals surface area contributed by atoms with Crippen molar-refractivity contribution in [2.75, 3.05) is 13.2 Å². The van der Waals surface area contributed by atoms with Crippen LogP contribution in [0.2, 0.25) is 0 Å². The second-order valence-electron chi connectivity index (χ2n) is 11.8. The predicted molar refractivity (Wildman–Crippen MR) is 190 cm³/mol. The third kappa shape index (κ3) is 15.9. The molecule has 44 heavy (non-hydrogen) atoms. The number of hydrogen-bond acceptors (Lipinski definition) is 4. The van der Waals surface area contributed by atoms with Crippen molar-refractivity contribution < 1.29 is 9.47 Å². The molecule has 0 N–H and O–H groups in total. The van der Waals surface area contributed by atoms with Crippen molar-refractivity contribution in [2.45, 2.75) is 117 Å². The maximum Gasteiger partial charge on any atom is 0.119 e. The van der Waals surface area contributed by atoms with Crippen LogP contribution in [0.1, 0.15) is 128 Å². The van der Waals surface area contributed by atoms with E-state index in [0.29, 0.717) is 0 Å². The highest BCUT2D eigenvalue weighted by Crippen LogP contribution is 2.20. The van der Waals surface area contributed by atoms with Crippen LogP contribution in [0.15, 0.2) is 82.8 Å². The van der Waals surface area contributed by atoms with Gasteiger partial charge in [-0.05, 0) is 72.5 Å². The van der Waals surface area contributed by atoms with Crippen LogP contribution >= 0.6 is 0 Å². The van der Waals surface area contributed by atoms with Gasteiger partial charge in [-0.2, -0.15) is 0 Å². The molecule has 0 spiro atoms. The summed E-state index contributed by atoms with van der Waals surface area (Å²) in [4.78, 5) is 9.25. The molecular weight excluding hydrogens is 540 g/mol. The van der Waals surface area contributed by atoms with Gasteiger partial charge in [0.15, 0.2) is 0 Å². The Morgan fingerprint density at radius 1 is 0.409 bits per heavy atom. The molecule has 3 aromatic rings. The topological polar surface area (TPSA) is 43.2 Å². The van der Waals surface area contributed by atoms with Crippen LogP contribution in [0, 0.1) is 0 Å². The van der Waals surface area contributed by atoms with Crippen molar-refractivity contribution in [3.05, 3.63) is 83.9 Å². The molecule has 0 saturated heterocycles. The number of ether oxygens (including phenoxy) is 2. The van der Waals surface area contributed by atoms with Crippen molar-refractivity contribution in [3.63, 3.8) is 0 Å². The van der Waals surface area contributed by atoms with E-state index in [1.54, 1.807) is 0 Å². The Hall–Kier alpha value is -3.40. The van der Waals surface area contributed by atoms with Crippen LogP contribution in [0.4, 0.5) is 11.4 Å². The van der Waals surface area contributed by atoms with Gasteiger partial charge in [-0.25, -0.2) is 0 Å². The molecule has 0 unspecified atom stereocenters. The van der Waals surface area contributed by atoms with E-state index in [4.69, 9.17) is 9.47 Å². The molecule has 3 aromatic carbocycles. The predicted octanol–water partition coefficient (Wildman–Crippen LogP) is 12.2. The van der Waals surface area contributed by atoms with Gasteiger partial charge in [-0.15, -0.1) is 0 Å². The molecule has 0 fully saturated rings. The fourth-order valence-electron chi connectivity index (χ4n) is 5.08. The van der Waals surface area contributed by atoms with Crippen LogP contribution in [0.25, 0.3) is 0 Å². The Labute approximate surface area is 268 Å². The first kappa shape index (κ1) is 35.1. The highest BCUT2D eigenvalue weighted by Gasteiger charge is 1.98. The lowest BCUT2D eigenvalue weighted by atomic mass is 10.1. The summed E-state index contributed by atoms with van der Waals surface area (Å²) in [6.45, 7) is 6.10. The number of rotatable bonds is 24. The third-order valence-corrected chi connectivity index (χ3v) is 7.87. The normalized spacial score (nSPS) is 11.5. The van der Waals surface area contributed by atoms with Gasteiger partial charge >= 0.3 is 0 Å². The molecule has 0 radical (unpaired) electrons. The van der Waals surface area contributed by atoms with Crippen LogP contribution in [0.5, 0.6) is 11.5 Å². The van der Waals surface area contributed by atoms with Gasteiger partial charge in [0.1, 0.15) is 11.5 Å². The lowest BCUT2D eigenvalue weighted by Gasteiger charge is -2.06. The molecule has 0 bridgehead atoms. The van der Waals surface area contributed by atoms with E-state index in [1.165, 1.54) is 89.9 Å². The molecule has 238 valence electrons. The molecule has 4 heteroatoms. The first-order chi connectivity index (χ1) is 21.8. The third-order valence-electron chi connectivity index (χ3n) is 7.87. The molecule has 0 aliphatic heterocycles. The average Bonchev–Trinajstić information content (AvgIpc) is 3.06. The maximum atomic E-state index is 5.91. The lowest BCUT2D eigenvalue weighted by molar-refractivity contribution is 0.304. The smallest absolute Gasteiger partial charge is 0.119 e. The number of benzene rings is 3. The molecule has 0 heterocycles. The second kappa shape index (κ2) is 23.0. The monoisotopic (exact) mass is 596 g/mol. The van der Waals surface area contributed by atoms with Crippen molar-refractivity contribution in [1.82, 2.24) is 0 Å². The summed E-state index contributed by atoms with van der Waals surface area (Å²) < 4.78 is 11.8. The number of nitrogens with zero attached hydrogens (tertiary/aromatic N) is 2. The summed E-state index contributed by atoms with van der Waals surface area (Å²) in [7, 11) is 0. The van der Waals surface area contributed by atoms with Crippen molar-refractivity contribution in [2.24, 2.45) is 9.98 Å². The zero-order valence-corrected chi connectivity index (χ0v) is 27.5. The van der Waals surface area contributed by atoms with Crippen molar-refractivity contribution >= 4 is 23.8 Å². The number of aliphatic imine (C=N–C) groups is 2. The summed E-state index contributed by atoms with van der Waals surface area (Å²) in [5.41, 5.74) is 3.94. The van der Waals surface area contributed by atoms with Gasteiger partial charge in [0.2, 0.25) is 0 Å². The highest BCUT2D eigenvalue weighted by molar-refractivity contribution is 5.86. The fraction of sp³-hybridized carbons (Fsp3) is 0.500. The van der Waals surface area contributed by atoms with E-state index < -0.39 is 0 Å². The van der Waals surface area contributed by atoms with Crippen molar-refractivity contribution in [1.29, 1.82) is 0 Å². The van der Waals surface area contributed by atoms with Gasteiger partial charge in [-0.1, -0.05) is 128 Å². The van der Waals surface area contributed by atoms with E-state index in [9.17, 15) is 0 Å². The first-order valence-corrected chi connectivity index (χ1v) is 17.4. The van der Waals surface area contributed by atoms with E-state index in [-0.39, 0.29) is 0 Å². The number of hydrogen-bond donors (Lipinski definition) is 0.